The van der Waals surface area contributed by atoms with Gasteiger partial charge in [-0.15, -0.1) is 0 Å². The number of carboxylic acid groups (broad SMARTS) is 2. The second-order valence-electron chi connectivity index (χ2n) is 2.07. The molecule has 0 amide bonds. The first-order valence-corrected chi connectivity index (χ1v) is 2.86. The molecule has 11 heavy (non-hydrogen) atoms. The highest BCUT2D eigenvalue weighted by Gasteiger charge is 2.28. The highest BCUT2D eigenvalue weighted by molar-refractivity contribution is 5.82. The van der Waals surface area contributed by atoms with E-state index >= 15 is 0 Å². The fourth-order valence-corrected chi connectivity index (χ4v) is 0.523. The normalized spacial score (nSPS) is 15.5. The van der Waals surface area contributed by atoms with Crippen molar-refractivity contribution in [1.29, 1.82) is 0 Å². The Hall–Kier alpha value is -1.14. The Morgan fingerprint density at radius 3 is 1.82 bits per heavy atom. The third-order valence-electron chi connectivity index (χ3n) is 1.29. The van der Waals surface area contributed by atoms with Gasteiger partial charge in [0.2, 0.25) is 0 Å². The summed E-state index contributed by atoms with van der Waals surface area (Å²) in [5.41, 5.74) is 1.40. The van der Waals surface area contributed by atoms with Crippen molar-refractivity contribution in [3.8, 4) is 0 Å². The van der Waals surface area contributed by atoms with E-state index < -0.39 is 23.9 Å². The molecule has 6 nitrogen and oxygen atoms in total. The summed E-state index contributed by atoms with van der Waals surface area (Å²) < 4.78 is 0. The maximum Gasteiger partial charge on any atom is 0.323 e. The molecule has 6 heteroatoms. The van der Waals surface area contributed by atoms with Gasteiger partial charge < -0.3 is 15.4 Å². The number of hydrogen-bond donors (Lipinski definition) is 4. The molecule has 4 N–H and O–H groups in total. The molecule has 0 aromatic rings. The molecule has 0 heterocycles. The summed E-state index contributed by atoms with van der Waals surface area (Å²) in [6.45, 7) is 1.18. The Bertz CT molecular complexity index is 168. The highest BCUT2D eigenvalue weighted by Crippen LogP contribution is 2.02. The van der Waals surface area contributed by atoms with Gasteiger partial charge in [-0.3, -0.25) is 9.59 Å². The second-order valence-corrected chi connectivity index (χ2v) is 2.07. The Labute approximate surface area is 62.4 Å². The lowest BCUT2D eigenvalue weighted by Crippen LogP contribution is -2.43. The standard InChI is InChI=1S/C5H9NO5/c1-2(4(7)8)3(6-11)5(9)10/h2-3,6,11H,1H3,(H,7,8)(H,9,10)/t2?,3-/m0/s1. The minimum absolute atomic E-state index is 1.17. The van der Waals surface area contributed by atoms with Crippen LogP contribution in [-0.4, -0.2) is 33.4 Å². The van der Waals surface area contributed by atoms with Crippen LogP contribution in [0.5, 0.6) is 0 Å². The van der Waals surface area contributed by atoms with Gasteiger partial charge in [-0.2, -0.15) is 5.48 Å². The van der Waals surface area contributed by atoms with Gasteiger partial charge in [0.15, 0.2) is 0 Å². The molecule has 0 radical (unpaired) electrons. The van der Waals surface area contributed by atoms with E-state index in [2.05, 4.69) is 0 Å². The van der Waals surface area contributed by atoms with Crippen molar-refractivity contribution >= 4 is 11.9 Å². The van der Waals surface area contributed by atoms with Crippen LogP contribution in [0.3, 0.4) is 0 Å². The molecular weight excluding hydrogens is 154 g/mol. The summed E-state index contributed by atoms with van der Waals surface area (Å²) in [6.07, 6.45) is 0. The van der Waals surface area contributed by atoms with E-state index in [1.807, 2.05) is 0 Å². The minimum atomic E-state index is -1.47. The molecule has 0 aromatic heterocycles. The molecule has 0 saturated carbocycles. The summed E-state index contributed by atoms with van der Waals surface area (Å²) in [6, 6.07) is -1.47. The summed E-state index contributed by atoms with van der Waals surface area (Å²) >= 11 is 0. The highest BCUT2D eigenvalue weighted by atomic mass is 16.5. The van der Waals surface area contributed by atoms with Gasteiger partial charge in [-0.1, -0.05) is 0 Å². The lowest BCUT2D eigenvalue weighted by atomic mass is 10.0. The van der Waals surface area contributed by atoms with Crippen molar-refractivity contribution < 1.29 is 25.0 Å². The number of rotatable bonds is 4. The predicted molar refractivity (Wildman–Crippen MR) is 33.1 cm³/mol. The zero-order chi connectivity index (χ0) is 9.02. The molecule has 0 aromatic carbocycles. The van der Waals surface area contributed by atoms with Crippen molar-refractivity contribution in [2.75, 3.05) is 0 Å². The van der Waals surface area contributed by atoms with Crippen LogP contribution in [0.15, 0.2) is 0 Å². The molecule has 2 atom stereocenters. The summed E-state index contributed by atoms with van der Waals surface area (Å²) in [4.78, 5) is 20.4. The van der Waals surface area contributed by atoms with Crippen molar-refractivity contribution in [2.45, 2.75) is 13.0 Å². The van der Waals surface area contributed by atoms with Gasteiger partial charge in [0.1, 0.15) is 6.04 Å². The third kappa shape index (κ3) is 2.52. The van der Waals surface area contributed by atoms with Crippen LogP contribution in [0.1, 0.15) is 6.92 Å². The molecule has 0 rings (SSSR count). The fraction of sp³-hybridized carbons (Fsp3) is 0.600. The molecule has 0 fully saturated rings. The molecule has 64 valence electrons. The number of nitrogens with one attached hydrogen (secondary N) is 1. The van der Waals surface area contributed by atoms with Crippen LogP contribution in [0.2, 0.25) is 0 Å². The lowest BCUT2D eigenvalue weighted by molar-refractivity contribution is -0.153. The third-order valence-corrected chi connectivity index (χ3v) is 1.29. The van der Waals surface area contributed by atoms with Gasteiger partial charge in [-0.05, 0) is 6.92 Å². The van der Waals surface area contributed by atoms with E-state index in [0.29, 0.717) is 0 Å². The number of aliphatic carboxylic acids is 2. The smallest absolute Gasteiger partial charge is 0.323 e. The Morgan fingerprint density at radius 1 is 1.27 bits per heavy atom. The van der Waals surface area contributed by atoms with Crippen LogP contribution >= 0.6 is 0 Å². The molecule has 0 saturated heterocycles. The molecule has 1 unspecified atom stereocenters. The van der Waals surface area contributed by atoms with E-state index in [4.69, 9.17) is 15.4 Å². The first kappa shape index (κ1) is 9.86. The minimum Gasteiger partial charge on any atom is -0.481 e. The molecule has 0 aliphatic rings. The molecular formula is C5H9NO5. The summed E-state index contributed by atoms with van der Waals surface area (Å²) in [5, 5.41) is 24.8. The zero-order valence-electron chi connectivity index (χ0n) is 5.81. The number of carboxylic acids is 2. The SMILES string of the molecule is CC(C(=O)O)[C@H](NO)C(=O)O. The Morgan fingerprint density at radius 2 is 1.73 bits per heavy atom. The van der Waals surface area contributed by atoms with Crippen LogP contribution < -0.4 is 5.48 Å². The van der Waals surface area contributed by atoms with Crippen molar-refractivity contribution in [2.24, 2.45) is 5.92 Å². The van der Waals surface area contributed by atoms with E-state index in [1.165, 1.54) is 12.4 Å². The maximum absolute atomic E-state index is 10.2. The fourth-order valence-electron chi connectivity index (χ4n) is 0.523. The maximum atomic E-state index is 10.2. The van der Waals surface area contributed by atoms with E-state index in [0.717, 1.165) is 0 Å². The van der Waals surface area contributed by atoms with Crippen LogP contribution in [-0.2, 0) is 9.59 Å². The molecule has 0 aliphatic carbocycles. The van der Waals surface area contributed by atoms with Crippen molar-refractivity contribution in [3.63, 3.8) is 0 Å². The van der Waals surface area contributed by atoms with Gasteiger partial charge in [0.05, 0.1) is 5.92 Å². The van der Waals surface area contributed by atoms with E-state index in [9.17, 15) is 9.59 Å². The van der Waals surface area contributed by atoms with Crippen LogP contribution in [0.25, 0.3) is 0 Å². The number of carbonyl (C=O) groups is 2. The van der Waals surface area contributed by atoms with Gasteiger partial charge in [0.25, 0.3) is 0 Å². The summed E-state index contributed by atoms with van der Waals surface area (Å²) in [5.74, 6) is -3.85. The predicted octanol–water partition coefficient (Wildman–Crippen LogP) is -0.861. The van der Waals surface area contributed by atoms with E-state index in [1.54, 1.807) is 0 Å². The molecule has 0 spiro atoms. The average Bonchev–Trinajstić information content (AvgIpc) is 1.88. The zero-order valence-corrected chi connectivity index (χ0v) is 5.81. The topological polar surface area (TPSA) is 107 Å². The van der Waals surface area contributed by atoms with E-state index in [-0.39, 0.29) is 0 Å². The first-order chi connectivity index (χ1) is 5.00. The van der Waals surface area contributed by atoms with Crippen LogP contribution in [0, 0.1) is 5.92 Å². The van der Waals surface area contributed by atoms with Crippen LogP contribution in [0.4, 0.5) is 0 Å². The average molecular weight is 163 g/mol. The molecule has 0 bridgehead atoms. The number of hydrogen-bond acceptors (Lipinski definition) is 4. The second kappa shape index (κ2) is 3.89. The van der Waals surface area contributed by atoms with Gasteiger partial charge >= 0.3 is 11.9 Å². The van der Waals surface area contributed by atoms with Crippen molar-refractivity contribution in [3.05, 3.63) is 0 Å². The quantitative estimate of drug-likeness (QED) is 0.402. The Kier molecular flexibility index (Phi) is 3.49. The summed E-state index contributed by atoms with van der Waals surface area (Å²) in [7, 11) is 0. The Balaban J connectivity index is 4.25. The van der Waals surface area contributed by atoms with Gasteiger partial charge in [0, 0.05) is 0 Å². The molecule has 0 aliphatic heterocycles. The lowest BCUT2D eigenvalue weighted by Gasteiger charge is -2.13. The van der Waals surface area contributed by atoms with Crippen molar-refractivity contribution in [1.82, 2.24) is 5.48 Å². The van der Waals surface area contributed by atoms with Gasteiger partial charge in [-0.25, -0.2) is 0 Å². The first-order valence-electron chi connectivity index (χ1n) is 2.86. The number of hydroxylamine groups is 1. The monoisotopic (exact) mass is 163 g/mol. The largest absolute Gasteiger partial charge is 0.481 e.